The van der Waals surface area contributed by atoms with Gasteiger partial charge in [-0.25, -0.2) is 4.79 Å². The maximum absolute atomic E-state index is 12.0. The van der Waals surface area contributed by atoms with Crippen LogP contribution in [0.2, 0.25) is 0 Å². The van der Waals surface area contributed by atoms with Gasteiger partial charge in [0.2, 0.25) is 5.91 Å². The molecule has 0 heterocycles. The summed E-state index contributed by atoms with van der Waals surface area (Å²) in [5, 5.41) is 11.9. The molecular formula is C15H20BrNO3. The van der Waals surface area contributed by atoms with Gasteiger partial charge in [-0.2, -0.15) is 0 Å². The zero-order chi connectivity index (χ0) is 15.3. The van der Waals surface area contributed by atoms with E-state index >= 15 is 0 Å². The second-order valence-corrected chi connectivity index (χ2v) is 6.05. The van der Waals surface area contributed by atoms with Crippen molar-refractivity contribution in [2.24, 2.45) is 0 Å². The summed E-state index contributed by atoms with van der Waals surface area (Å²) in [7, 11) is 0. The average Bonchev–Trinajstić information content (AvgIpc) is 2.33. The molecule has 5 heteroatoms. The molecule has 0 spiro atoms. The highest BCUT2D eigenvalue weighted by Crippen LogP contribution is 2.18. The molecular weight excluding hydrogens is 322 g/mol. The number of rotatable bonds is 6. The zero-order valence-electron chi connectivity index (χ0n) is 12.0. The molecule has 0 bridgehead atoms. The number of aryl methyl sites for hydroxylation is 1. The first-order chi connectivity index (χ1) is 9.28. The minimum atomic E-state index is -1.20. The lowest BCUT2D eigenvalue weighted by Crippen LogP contribution is -2.52. The first kappa shape index (κ1) is 16.7. The molecule has 110 valence electrons. The number of carboxylic acid groups (broad SMARTS) is 1. The van der Waals surface area contributed by atoms with Crippen molar-refractivity contribution < 1.29 is 14.7 Å². The third kappa shape index (κ3) is 4.34. The van der Waals surface area contributed by atoms with Crippen LogP contribution in [0.1, 0.15) is 37.8 Å². The lowest BCUT2D eigenvalue weighted by molar-refractivity contribution is -0.147. The molecule has 0 fully saturated rings. The fourth-order valence-corrected chi connectivity index (χ4v) is 2.43. The van der Waals surface area contributed by atoms with Crippen LogP contribution in [0.15, 0.2) is 22.7 Å². The van der Waals surface area contributed by atoms with E-state index in [1.165, 1.54) is 0 Å². The van der Waals surface area contributed by atoms with Gasteiger partial charge < -0.3 is 10.4 Å². The Kier molecular flexibility index (Phi) is 5.74. The molecule has 1 atom stereocenters. The highest BCUT2D eigenvalue weighted by Gasteiger charge is 2.33. The van der Waals surface area contributed by atoms with Gasteiger partial charge in [0, 0.05) is 4.47 Å². The number of carbonyl (C=O) groups is 2. The Balaban J connectivity index is 2.75. The first-order valence-electron chi connectivity index (χ1n) is 6.58. The fraction of sp³-hybridized carbons (Fsp3) is 0.467. The van der Waals surface area contributed by atoms with Crippen LogP contribution in [-0.4, -0.2) is 22.5 Å². The molecule has 1 amide bonds. The van der Waals surface area contributed by atoms with Crippen LogP contribution < -0.4 is 5.32 Å². The van der Waals surface area contributed by atoms with Gasteiger partial charge in [-0.1, -0.05) is 41.4 Å². The van der Waals surface area contributed by atoms with E-state index in [0.29, 0.717) is 12.8 Å². The molecule has 1 aromatic carbocycles. The van der Waals surface area contributed by atoms with Crippen LogP contribution in [0.5, 0.6) is 0 Å². The summed E-state index contributed by atoms with van der Waals surface area (Å²) in [6.45, 7) is 5.41. The van der Waals surface area contributed by atoms with Crippen LogP contribution in [0.25, 0.3) is 0 Å². The number of benzene rings is 1. The van der Waals surface area contributed by atoms with Crippen LogP contribution in [-0.2, 0) is 16.0 Å². The topological polar surface area (TPSA) is 66.4 Å². The van der Waals surface area contributed by atoms with E-state index in [1.54, 1.807) is 6.92 Å². The predicted octanol–water partition coefficient (Wildman–Crippen LogP) is 3.06. The number of nitrogens with one attached hydrogen (secondary N) is 1. The van der Waals surface area contributed by atoms with Gasteiger partial charge in [0.05, 0.1) is 6.42 Å². The van der Waals surface area contributed by atoms with Gasteiger partial charge in [0.25, 0.3) is 0 Å². The summed E-state index contributed by atoms with van der Waals surface area (Å²) >= 11 is 3.42. The highest BCUT2D eigenvalue weighted by atomic mass is 79.9. The van der Waals surface area contributed by atoms with Gasteiger partial charge in [-0.15, -0.1) is 0 Å². The Bertz CT molecular complexity index is 516. The predicted molar refractivity (Wildman–Crippen MR) is 81.7 cm³/mol. The summed E-state index contributed by atoms with van der Waals surface area (Å²) < 4.78 is 0.942. The van der Waals surface area contributed by atoms with Crippen LogP contribution in [0.3, 0.4) is 0 Å². The summed E-state index contributed by atoms with van der Waals surface area (Å²) in [5.41, 5.74) is 0.744. The summed E-state index contributed by atoms with van der Waals surface area (Å²) in [4.78, 5) is 23.3. The molecule has 0 saturated carbocycles. The molecule has 0 aliphatic rings. The second kappa shape index (κ2) is 6.88. The van der Waals surface area contributed by atoms with Gasteiger partial charge in [0.1, 0.15) is 5.54 Å². The summed E-state index contributed by atoms with van der Waals surface area (Å²) in [6.07, 6.45) is 1.27. The minimum Gasteiger partial charge on any atom is -0.480 e. The Morgan fingerprint density at radius 3 is 2.55 bits per heavy atom. The van der Waals surface area contributed by atoms with E-state index in [9.17, 15) is 14.7 Å². The smallest absolute Gasteiger partial charge is 0.329 e. The Hall–Kier alpha value is -1.36. The molecule has 0 aliphatic carbocycles. The second-order valence-electron chi connectivity index (χ2n) is 5.20. The van der Waals surface area contributed by atoms with E-state index in [2.05, 4.69) is 21.2 Å². The monoisotopic (exact) mass is 341 g/mol. The maximum atomic E-state index is 12.0. The quantitative estimate of drug-likeness (QED) is 0.835. The van der Waals surface area contributed by atoms with E-state index in [1.807, 2.05) is 32.0 Å². The number of hydrogen-bond donors (Lipinski definition) is 2. The highest BCUT2D eigenvalue weighted by molar-refractivity contribution is 9.10. The third-order valence-corrected chi connectivity index (χ3v) is 4.09. The van der Waals surface area contributed by atoms with Crippen molar-refractivity contribution in [1.82, 2.24) is 5.32 Å². The molecule has 4 nitrogen and oxygen atoms in total. The Morgan fingerprint density at radius 2 is 2.05 bits per heavy atom. The van der Waals surface area contributed by atoms with Gasteiger partial charge in [-0.3, -0.25) is 4.79 Å². The molecule has 0 radical (unpaired) electrons. The standard InChI is InChI=1S/C15H20BrNO3/c1-4-7-15(3,14(19)20)17-13(18)9-11-6-5-10(2)12(16)8-11/h5-6,8H,4,7,9H2,1-3H3,(H,17,18)(H,19,20). The molecule has 0 aliphatic heterocycles. The largest absolute Gasteiger partial charge is 0.480 e. The van der Waals surface area contributed by atoms with Gasteiger partial charge >= 0.3 is 5.97 Å². The Labute approximate surface area is 127 Å². The minimum absolute atomic E-state index is 0.172. The first-order valence-corrected chi connectivity index (χ1v) is 7.37. The number of hydrogen-bond acceptors (Lipinski definition) is 2. The number of carboxylic acids is 1. The van der Waals surface area contributed by atoms with E-state index in [4.69, 9.17) is 0 Å². The van der Waals surface area contributed by atoms with Crippen LogP contribution in [0.4, 0.5) is 0 Å². The van der Waals surface area contributed by atoms with Crippen molar-refractivity contribution >= 4 is 27.8 Å². The van der Waals surface area contributed by atoms with Gasteiger partial charge in [-0.05, 0) is 37.5 Å². The van der Waals surface area contributed by atoms with Crippen molar-refractivity contribution in [1.29, 1.82) is 0 Å². The number of aliphatic carboxylic acids is 1. The molecule has 1 unspecified atom stereocenters. The molecule has 2 N–H and O–H groups in total. The fourth-order valence-electron chi connectivity index (χ4n) is 2.01. The van der Waals surface area contributed by atoms with Crippen LogP contribution in [0, 0.1) is 6.92 Å². The molecule has 0 aromatic heterocycles. The zero-order valence-corrected chi connectivity index (χ0v) is 13.6. The van der Waals surface area contributed by atoms with E-state index < -0.39 is 11.5 Å². The number of amides is 1. The maximum Gasteiger partial charge on any atom is 0.329 e. The van der Waals surface area contributed by atoms with Crippen molar-refractivity contribution in [3.8, 4) is 0 Å². The lowest BCUT2D eigenvalue weighted by atomic mass is 9.96. The summed E-state index contributed by atoms with van der Waals surface area (Å²) in [5.74, 6) is -1.28. The molecule has 1 aromatic rings. The van der Waals surface area contributed by atoms with Crippen molar-refractivity contribution in [2.45, 2.75) is 45.6 Å². The molecule has 1 rings (SSSR count). The third-order valence-electron chi connectivity index (χ3n) is 3.24. The van der Waals surface area contributed by atoms with Crippen LogP contribution >= 0.6 is 15.9 Å². The Morgan fingerprint density at radius 1 is 1.40 bits per heavy atom. The SMILES string of the molecule is CCCC(C)(NC(=O)Cc1ccc(C)c(Br)c1)C(=O)O. The average molecular weight is 342 g/mol. The van der Waals surface area contributed by atoms with Crippen molar-refractivity contribution in [2.75, 3.05) is 0 Å². The normalized spacial score (nSPS) is 13.6. The summed E-state index contributed by atoms with van der Waals surface area (Å²) in [6, 6.07) is 5.68. The van der Waals surface area contributed by atoms with Crippen molar-refractivity contribution in [3.63, 3.8) is 0 Å². The van der Waals surface area contributed by atoms with E-state index in [0.717, 1.165) is 15.6 Å². The molecule has 20 heavy (non-hydrogen) atoms. The van der Waals surface area contributed by atoms with E-state index in [-0.39, 0.29) is 12.3 Å². The number of carbonyl (C=O) groups excluding carboxylic acids is 1. The molecule has 0 saturated heterocycles. The number of halogens is 1. The van der Waals surface area contributed by atoms with Crippen molar-refractivity contribution in [3.05, 3.63) is 33.8 Å². The van der Waals surface area contributed by atoms with Gasteiger partial charge in [0.15, 0.2) is 0 Å². The lowest BCUT2D eigenvalue weighted by Gasteiger charge is -2.25.